The lowest BCUT2D eigenvalue weighted by atomic mass is 9.96. The second kappa shape index (κ2) is 6.10. The van der Waals surface area contributed by atoms with Crippen LogP contribution in [0.2, 0.25) is 0 Å². The molecule has 0 saturated heterocycles. The Morgan fingerprint density at radius 3 is 2.62 bits per heavy atom. The highest BCUT2D eigenvalue weighted by Crippen LogP contribution is 2.33. The van der Waals surface area contributed by atoms with E-state index in [-0.39, 0.29) is 17.9 Å². The Hall–Kier alpha value is -1.49. The summed E-state index contributed by atoms with van der Waals surface area (Å²) in [5.41, 5.74) is -0.796. The molecule has 1 aromatic carbocycles. The summed E-state index contributed by atoms with van der Waals surface area (Å²) in [4.78, 5) is 13.6. The SMILES string of the molecule is CC(c1cc(F)ccc1F)N(C)C(=O)CC1(O)CCCC1. The summed E-state index contributed by atoms with van der Waals surface area (Å²) in [7, 11) is 1.55. The van der Waals surface area contributed by atoms with E-state index >= 15 is 0 Å². The summed E-state index contributed by atoms with van der Waals surface area (Å²) in [6, 6.07) is 2.63. The summed E-state index contributed by atoms with van der Waals surface area (Å²) < 4.78 is 27.0. The van der Waals surface area contributed by atoms with Crippen molar-refractivity contribution in [1.29, 1.82) is 0 Å². The van der Waals surface area contributed by atoms with E-state index in [1.54, 1.807) is 14.0 Å². The summed E-state index contributed by atoms with van der Waals surface area (Å²) in [6.07, 6.45) is 3.11. The van der Waals surface area contributed by atoms with Crippen LogP contribution in [0.25, 0.3) is 0 Å². The van der Waals surface area contributed by atoms with Crippen LogP contribution < -0.4 is 0 Å². The van der Waals surface area contributed by atoms with Gasteiger partial charge in [-0.1, -0.05) is 12.8 Å². The second-order valence-electron chi connectivity index (χ2n) is 5.95. The number of amides is 1. The van der Waals surface area contributed by atoms with E-state index in [9.17, 15) is 18.7 Å². The fourth-order valence-corrected chi connectivity index (χ4v) is 2.88. The van der Waals surface area contributed by atoms with Crippen molar-refractivity contribution >= 4 is 5.91 Å². The highest BCUT2D eigenvalue weighted by Gasteiger charge is 2.35. The van der Waals surface area contributed by atoms with Crippen molar-refractivity contribution in [3.8, 4) is 0 Å². The molecule has 1 amide bonds. The minimum absolute atomic E-state index is 0.0325. The van der Waals surface area contributed by atoms with Crippen LogP contribution in [0.4, 0.5) is 8.78 Å². The Kier molecular flexibility index (Phi) is 4.61. The summed E-state index contributed by atoms with van der Waals surface area (Å²) in [5.74, 6) is -1.33. The van der Waals surface area contributed by atoms with Crippen LogP contribution in [0, 0.1) is 11.6 Å². The van der Waals surface area contributed by atoms with E-state index in [4.69, 9.17) is 0 Å². The van der Waals surface area contributed by atoms with Gasteiger partial charge in [0.15, 0.2) is 0 Å². The molecule has 1 aliphatic carbocycles. The normalized spacial score (nSPS) is 18.5. The van der Waals surface area contributed by atoms with E-state index < -0.39 is 23.3 Å². The molecule has 1 fully saturated rings. The summed E-state index contributed by atoms with van der Waals surface area (Å²) in [5, 5.41) is 10.3. The second-order valence-corrected chi connectivity index (χ2v) is 5.95. The monoisotopic (exact) mass is 297 g/mol. The molecule has 2 rings (SSSR count). The minimum atomic E-state index is -0.939. The Balaban J connectivity index is 2.09. The Bertz CT molecular complexity index is 527. The van der Waals surface area contributed by atoms with Gasteiger partial charge in [-0.3, -0.25) is 4.79 Å². The predicted molar refractivity (Wildman–Crippen MR) is 75.6 cm³/mol. The van der Waals surface area contributed by atoms with Gasteiger partial charge in [0.25, 0.3) is 0 Å². The maximum absolute atomic E-state index is 13.8. The van der Waals surface area contributed by atoms with Crippen LogP contribution in [0.5, 0.6) is 0 Å². The maximum atomic E-state index is 13.8. The van der Waals surface area contributed by atoms with Crippen molar-refractivity contribution in [3.63, 3.8) is 0 Å². The average molecular weight is 297 g/mol. The van der Waals surface area contributed by atoms with Gasteiger partial charge in [-0.05, 0) is 38.0 Å². The van der Waals surface area contributed by atoms with Crippen LogP contribution >= 0.6 is 0 Å². The largest absolute Gasteiger partial charge is 0.389 e. The molecule has 0 heterocycles. The Labute approximate surface area is 123 Å². The van der Waals surface area contributed by atoms with Crippen LogP contribution in [-0.4, -0.2) is 28.6 Å². The zero-order chi connectivity index (χ0) is 15.6. The number of carbonyl (C=O) groups is 1. The smallest absolute Gasteiger partial charge is 0.225 e. The number of carbonyl (C=O) groups excluding carboxylic acids is 1. The lowest BCUT2D eigenvalue weighted by molar-refractivity contribution is -0.136. The van der Waals surface area contributed by atoms with Gasteiger partial charge >= 0.3 is 0 Å². The quantitative estimate of drug-likeness (QED) is 0.927. The number of rotatable bonds is 4. The number of halogens is 2. The van der Waals surface area contributed by atoms with E-state index in [2.05, 4.69) is 0 Å². The molecule has 0 aromatic heterocycles. The lowest BCUT2D eigenvalue weighted by Gasteiger charge is -2.29. The van der Waals surface area contributed by atoms with Gasteiger partial charge in [0.05, 0.1) is 18.1 Å². The van der Waals surface area contributed by atoms with Gasteiger partial charge in [-0.15, -0.1) is 0 Å². The third kappa shape index (κ3) is 3.59. The number of nitrogens with zero attached hydrogens (tertiary/aromatic N) is 1. The number of aliphatic hydroxyl groups is 1. The molecular weight excluding hydrogens is 276 g/mol. The Morgan fingerprint density at radius 2 is 2.00 bits per heavy atom. The first-order valence-corrected chi connectivity index (χ1v) is 7.25. The fourth-order valence-electron chi connectivity index (χ4n) is 2.88. The molecule has 0 radical (unpaired) electrons. The fraction of sp³-hybridized carbons (Fsp3) is 0.562. The van der Waals surface area contributed by atoms with E-state index in [0.717, 1.165) is 31.0 Å². The van der Waals surface area contributed by atoms with Gasteiger partial charge in [0.2, 0.25) is 5.91 Å². The predicted octanol–water partition coefficient (Wildman–Crippen LogP) is 3.18. The van der Waals surface area contributed by atoms with Crippen molar-refractivity contribution in [1.82, 2.24) is 4.90 Å². The number of hydrogen-bond donors (Lipinski definition) is 1. The third-order valence-corrected chi connectivity index (χ3v) is 4.40. The molecule has 1 atom stereocenters. The molecule has 21 heavy (non-hydrogen) atoms. The van der Waals surface area contributed by atoms with Crippen molar-refractivity contribution < 1.29 is 18.7 Å². The highest BCUT2D eigenvalue weighted by molar-refractivity contribution is 5.77. The molecule has 1 N–H and O–H groups in total. The van der Waals surface area contributed by atoms with Crippen molar-refractivity contribution in [2.45, 2.75) is 50.7 Å². The van der Waals surface area contributed by atoms with Gasteiger partial charge in [0.1, 0.15) is 11.6 Å². The number of hydrogen-bond acceptors (Lipinski definition) is 2. The molecule has 3 nitrogen and oxygen atoms in total. The zero-order valence-electron chi connectivity index (χ0n) is 12.4. The van der Waals surface area contributed by atoms with Gasteiger partial charge in [-0.2, -0.15) is 0 Å². The number of benzene rings is 1. The van der Waals surface area contributed by atoms with Crippen LogP contribution in [-0.2, 0) is 4.79 Å². The average Bonchev–Trinajstić information content (AvgIpc) is 2.86. The molecule has 116 valence electrons. The van der Waals surface area contributed by atoms with E-state index in [1.807, 2.05) is 0 Å². The van der Waals surface area contributed by atoms with Gasteiger partial charge in [0, 0.05) is 12.6 Å². The first-order chi connectivity index (χ1) is 9.82. The van der Waals surface area contributed by atoms with Crippen LogP contribution in [0.15, 0.2) is 18.2 Å². The molecule has 1 unspecified atom stereocenters. The Morgan fingerprint density at radius 1 is 1.38 bits per heavy atom. The lowest BCUT2D eigenvalue weighted by Crippen LogP contribution is -2.37. The summed E-state index contributed by atoms with van der Waals surface area (Å²) in [6.45, 7) is 1.65. The minimum Gasteiger partial charge on any atom is -0.389 e. The molecule has 1 aromatic rings. The van der Waals surface area contributed by atoms with E-state index in [0.29, 0.717) is 12.8 Å². The third-order valence-electron chi connectivity index (χ3n) is 4.40. The van der Waals surface area contributed by atoms with Gasteiger partial charge < -0.3 is 10.0 Å². The molecule has 5 heteroatoms. The molecule has 0 aliphatic heterocycles. The first-order valence-electron chi connectivity index (χ1n) is 7.25. The van der Waals surface area contributed by atoms with Crippen molar-refractivity contribution in [3.05, 3.63) is 35.4 Å². The molecule has 0 bridgehead atoms. The van der Waals surface area contributed by atoms with Crippen LogP contribution in [0.3, 0.4) is 0 Å². The van der Waals surface area contributed by atoms with Crippen molar-refractivity contribution in [2.75, 3.05) is 7.05 Å². The van der Waals surface area contributed by atoms with Crippen molar-refractivity contribution in [2.24, 2.45) is 0 Å². The molecular formula is C16H21F2NO2. The molecule has 1 saturated carbocycles. The van der Waals surface area contributed by atoms with E-state index in [1.165, 1.54) is 4.90 Å². The standard InChI is InChI=1S/C16H21F2NO2/c1-11(13-9-12(17)5-6-14(13)18)19(2)15(20)10-16(21)7-3-4-8-16/h5-6,9,11,21H,3-4,7-8,10H2,1-2H3. The maximum Gasteiger partial charge on any atom is 0.225 e. The topological polar surface area (TPSA) is 40.5 Å². The first kappa shape index (κ1) is 15.9. The highest BCUT2D eigenvalue weighted by atomic mass is 19.1. The molecule has 1 aliphatic rings. The zero-order valence-corrected chi connectivity index (χ0v) is 12.4. The molecule has 0 spiro atoms. The summed E-state index contributed by atoms with van der Waals surface area (Å²) >= 11 is 0. The van der Waals surface area contributed by atoms with Crippen LogP contribution in [0.1, 0.15) is 50.6 Å². The van der Waals surface area contributed by atoms with Gasteiger partial charge in [-0.25, -0.2) is 8.78 Å².